The van der Waals surface area contributed by atoms with E-state index in [4.69, 9.17) is 5.73 Å². The summed E-state index contributed by atoms with van der Waals surface area (Å²) < 4.78 is 2.03. The summed E-state index contributed by atoms with van der Waals surface area (Å²) in [6, 6.07) is 0.143. The van der Waals surface area contributed by atoms with Crippen molar-refractivity contribution >= 4 is 5.91 Å². The van der Waals surface area contributed by atoms with E-state index in [0.717, 1.165) is 36.5 Å². The predicted octanol–water partition coefficient (Wildman–Crippen LogP) is 1.26. The van der Waals surface area contributed by atoms with Gasteiger partial charge in [0.2, 0.25) is 5.91 Å². The quantitative estimate of drug-likeness (QED) is 0.901. The molecule has 0 spiro atoms. The number of amides is 1. The van der Waals surface area contributed by atoms with Crippen molar-refractivity contribution in [2.45, 2.75) is 53.1 Å². The van der Waals surface area contributed by atoms with E-state index in [-0.39, 0.29) is 11.9 Å². The van der Waals surface area contributed by atoms with Gasteiger partial charge in [-0.3, -0.25) is 9.48 Å². The largest absolute Gasteiger partial charge is 0.341 e. The zero-order valence-corrected chi connectivity index (χ0v) is 13.0. The van der Waals surface area contributed by atoms with Crippen molar-refractivity contribution in [2.24, 2.45) is 11.7 Å². The van der Waals surface area contributed by atoms with Gasteiger partial charge in [-0.25, -0.2) is 0 Å². The van der Waals surface area contributed by atoms with Crippen LogP contribution in [0, 0.1) is 19.8 Å². The van der Waals surface area contributed by atoms with Crippen LogP contribution < -0.4 is 5.73 Å². The number of nitrogens with two attached hydrogens (primary N) is 1. The van der Waals surface area contributed by atoms with Crippen molar-refractivity contribution in [3.63, 3.8) is 0 Å². The van der Waals surface area contributed by atoms with Crippen LogP contribution in [0.2, 0.25) is 0 Å². The first kappa shape index (κ1) is 15.0. The van der Waals surface area contributed by atoms with Crippen LogP contribution in [0.15, 0.2) is 0 Å². The second kappa shape index (κ2) is 5.95. The average Bonchev–Trinajstić information content (AvgIpc) is 2.88. The molecule has 0 saturated carbocycles. The molecule has 1 fully saturated rings. The molecule has 5 nitrogen and oxygen atoms in total. The maximum Gasteiger partial charge on any atom is 0.227 e. The molecular formula is C15H26N4O. The Hall–Kier alpha value is -1.36. The van der Waals surface area contributed by atoms with E-state index in [0.29, 0.717) is 18.9 Å². The molecule has 5 heteroatoms. The van der Waals surface area contributed by atoms with Gasteiger partial charge in [0.05, 0.1) is 12.1 Å². The topological polar surface area (TPSA) is 64.2 Å². The number of aromatic nitrogens is 2. The summed E-state index contributed by atoms with van der Waals surface area (Å²) in [7, 11) is 0. The van der Waals surface area contributed by atoms with Gasteiger partial charge >= 0.3 is 0 Å². The number of carbonyl (C=O) groups is 1. The van der Waals surface area contributed by atoms with Crippen LogP contribution in [0.3, 0.4) is 0 Å². The Morgan fingerprint density at radius 2 is 2.15 bits per heavy atom. The molecule has 20 heavy (non-hydrogen) atoms. The van der Waals surface area contributed by atoms with Gasteiger partial charge in [0.25, 0.3) is 0 Å². The fourth-order valence-electron chi connectivity index (χ4n) is 2.79. The van der Waals surface area contributed by atoms with Crippen LogP contribution >= 0.6 is 0 Å². The van der Waals surface area contributed by atoms with E-state index in [2.05, 4.69) is 25.9 Å². The second-order valence-corrected chi connectivity index (χ2v) is 6.29. The minimum atomic E-state index is 0.143. The van der Waals surface area contributed by atoms with Crippen molar-refractivity contribution in [1.82, 2.24) is 14.7 Å². The van der Waals surface area contributed by atoms with Gasteiger partial charge in [0, 0.05) is 36.9 Å². The molecule has 2 N–H and O–H groups in total. The van der Waals surface area contributed by atoms with Gasteiger partial charge in [-0.1, -0.05) is 13.8 Å². The molecule has 0 aliphatic carbocycles. The Labute approximate surface area is 121 Å². The summed E-state index contributed by atoms with van der Waals surface area (Å²) in [6.45, 7) is 10.8. The van der Waals surface area contributed by atoms with E-state index in [1.54, 1.807) is 0 Å². The van der Waals surface area contributed by atoms with E-state index in [9.17, 15) is 4.79 Å². The molecule has 2 rings (SSSR count). The number of nitrogens with zero attached hydrogens (tertiary/aromatic N) is 3. The molecule has 1 amide bonds. The molecule has 0 bridgehead atoms. The number of aryl methyl sites for hydroxylation is 1. The van der Waals surface area contributed by atoms with Gasteiger partial charge in [-0.05, 0) is 26.2 Å². The molecule has 0 radical (unpaired) electrons. The fourth-order valence-corrected chi connectivity index (χ4v) is 2.79. The molecular weight excluding hydrogens is 252 g/mol. The predicted molar refractivity (Wildman–Crippen MR) is 79.4 cm³/mol. The van der Waals surface area contributed by atoms with Crippen LogP contribution in [0.25, 0.3) is 0 Å². The molecule has 1 saturated heterocycles. The lowest BCUT2D eigenvalue weighted by molar-refractivity contribution is -0.129. The standard InChI is InChI=1S/C15H26N4O/c1-10(2)8-19-12(4)14(11(3)17-19)7-15(20)18-6-5-13(16)9-18/h10,13H,5-9,16H2,1-4H3/t13-/m1/s1. The summed E-state index contributed by atoms with van der Waals surface area (Å²) >= 11 is 0. The lowest BCUT2D eigenvalue weighted by Gasteiger charge is -2.16. The van der Waals surface area contributed by atoms with Crippen LogP contribution in [-0.2, 0) is 17.8 Å². The first-order valence-electron chi connectivity index (χ1n) is 7.44. The summed E-state index contributed by atoms with van der Waals surface area (Å²) in [5.74, 6) is 0.723. The molecule has 1 aliphatic rings. The normalized spacial score (nSPS) is 19.1. The van der Waals surface area contributed by atoms with E-state index >= 15 is 0 Å². The smallest absolute Gasteiger partial charge is 0.227 e. The third kappa shape index (κ3) is 3.20. The van der Waals surface area contributed by atoms with E-state index in [1.807, 2.05) is 16.5 Å². The van der Waals surface area contributed by atoms with Gasteiger partial charge in [-0.2, -0.15) is 5.10 Å². The maximum atomic E-state index is 12.3. The highest BCUT2D eigenvalue weighted by Crippen LogP contribution is 2.17. The van der Waals surface area contributed by atoms with Gasteiger partial charge < -0.3 is 10.6 Å². The minimum absolute atomic E-state index is 0.143. The van der Waals surface area contributed by atoms with Crippen molar-refractivity contribution in [1.29, 1.82) is 0 Å². The highest BCUT2D eigenvalue weighted by molar-refractivity contribution is 5.79. The summed E-state index contributed by atoms with van der Waals surface area (Å²) in [4.78, 5) is 14.2. The monoisotopic (exact) mass is 278 g/mol. The average molecular weight is 278 g/mol. The maximum absolute atomic E-state index is 12.3. The fraction of sp³-hybridized carbons (Fsp3) is 0.733. The molecule has 0 unspecified atom stereocenters. The van der Waals surface area contributed by atoms with Crippen molar-refractivity contribution in [3.05, 3.63) is 17.0 Å². The van der Waals surface area contributed by atoms with Crippen LogP contribution in [-0.4, -0.2) is 39.7 Å². The highest BCUT2D eigenvalue weighted by Gasteiger charge is 2.25. The first-order chi connectivity index (χ1) is 9.38. The third-order valence-corrected chi connectivity index (χ3v) is 3.97. The molecule has 1 aromatic rings. The summed E-state index contributed by atoms with van der Waals surface area (Å²) in [5, 5.41) is 4.57. The van der Waals surface area contributed by atoms with Crippen LogP contribution in [0.5, 0.6) is 0 Å². The molecule has 112 valence electrons. The number of likely N-dealkylation sites (tertiary alicyclic amines) is 1. The summed E-state index contributed by atoms with van der Waals surface area (Å²) in [6.07, 6.45) is 1.36. The summed E-state index contributed by atoms with van der Waals surface area (Å²) in [5.41, 5.74) is 9.04. The van der Waals surface area contributed by atoms with Gasteiger partial charge in [0.1, 0.15) is 0 Å². The van der Waals surface area contributed by atoms with Crippen molar-refractivity contribution in [2.75, 3.05) is 13.1 Å². The molecule has 1 aliphatic heterocycles. The Morgan fingerprint density at radius 3 is 2.70 bits per heavy atom. The molecule has 1 aromatic heterocycles. The molecule has 2 heterocycles. The Morgan fingerprint density at radius 1 is 1.45 bits per heavy atom. The molecule has 1 atom stereocenters. The lowest BCUT2D eigenvalue weighted by Crippen LogP contribution is -2.33. The Bertz CT molecular complexity index is 492. The highest BCUT2D eigenvalue weighted by atomic mass is 16.2. The van der Waals surface area contributed by atoms with Crippen LogP contribution in [0.1, 0.15) is 37.2 Å². The van der Waals surface area contributed by atoms with Crippen LogP contribution in [0.4, 0.5) is 0 Å². The number of rotatable bonds is 4. The zero-order valence-electron chi connectivity index (χ0n) is 13.0. The van der Waals surface area contributed by atoms with Crippen molar-refractivity contribution in [3.8, 4) is 0 Å². The van der Waals surface area contributed by atoms with Gasteiger partial charge in [-0.15, -0.1) is 0 Å². The SMILES string of the molecule is Cc1nn(CC(C)C)c(C)c1CC(=O)N1CC[C@@H](N)C1. The Balaban J connectivity index is 2.09. The zero-order chi connectivity index (χ0) is 14.9. The third-order valence-electron chi connectivity index (χ3n) is 3.97. The van der Waals surface area contributed by atoms with E-state index in [1.165, 1.54) is 0 Å². The number of hydrogen-bond donors (Lipinski definition) is 1. The Kier molecular flexibility index (Phi) is 4.48. The molecule has 0 aromatic carbocycles. The van der Waals surface area contributed by atoms with E-state index < -0.39 is 0 Å². The lowest BCUT2D eigenvalue weighted by atomic mass is 10.1. The first-order valence-corrected chi connectivity index (χ1v) is 7.44. The number of hydrogen-bond acceptors (Lipinski definition) is 3. The number of carbonyl (C=O) groups excluding carboxylic acids is 1. The second-order valence-electron chi connectivity index (χ2n) is 6.29. The minimum Gasteiger partial charge on any atom is -0.341 e. The van der Waals surface area contributed by atoms with Crippen molar-refractivity contribution < 1.29 is 4.79 Å². The van der Waals surface area contributed by atoms with Gasteiger partial charge in [0.15, 0.2) is 0 Å².